The van der Waals surface area contributed by atoms with Crippen LogP contribution < -0.4 is 27.0 Å². The molecular formula is C50H56N10O6. The summed E-state index contributed by atoms with van der Waals surface area (Å²) in [5.41, 5.74) is 9.28. The zero-order chi connectivity index (χ0) is 46.0. The first-order valence-corrected chi connectivity index (χ1v) is 23.2. The molecule has 4 fully saturated rings. The number of aromatic amines is 2. The van der Waals surface area contributed by atoms with Gasteiger partial charge in [-0.25, -0.2) is 0 Å². The van der Waals surface area contributed by atoms with E-state index in [2.05, 4.69) is 37.3 Å². The molecule has 6 atom stereocenters. The van der Waals surface area contributed by atoms with Gasteiger partial charge in [0.25, 0.3) is 0 Å². The van der Waals surface area contributed by atoms with Crippen LogP contribution in [0.2, 0.25) is 0 Å². The first-order chi connectivity index (χ1) is 32.0. The maximum absolute atomic E-state index is 15.0. The molecule has 3 aliphatic heterocycles. The molecule has 0 radical (unpaired) electrons. The van der Waals surface area contributed by atoms with Gasteiger partial charge in [-0.3, -0.25) is 28.8 Å². The SMILES string of the molecule is N#Cc1cccc(C[C@H]2C[C@@H]3C(=O)N[C@@H](Cc4c[nH]c5ccccc45)C(=O)NC4(CCCC4)C(=O)N[C@@H](Cc4c[nH]c5ccccc45)C(=O)N[C@@H](CCN)C(=O)N4CCC[C@@H]4C(=O)N3C2)c1. The third-order valence-corrected chi connectivity index (χ3v) is 14.2. The summed E-state index contributed by atoms with van der Waals surface area (Å²) >= 11 is 0. The minimum atomic E-state index is -1.42. The van der Waals surface area contributed by atoms with Gasteiger partial charge < -0.3 is 46.8 Å². The number of nitriles is 1. The summed E-state index contributed by atoms with van der Waals surface area (Å²) < 4.78 is 0. The Morgan fingerprint density at radius 2 is 1.33 bits per heavy atom. The molecule has 0 bridgehead atoms. The van der Waals surface area contributed by atoms with E-state index in [9.17, 15) is 34.0 Å². The Bertz CT molecular complexity index is 2710. The molecule has 5 heterocycles. The predicted molar refractivity (Wildman–Crippen MR) is 246 cm³/mol. The van der Waals surface area contributed by atoms with E-state index in [1.165, 1.54) is 4.90 Å². The minimum absolute atomic E-state index is 0.0561. The van der Waals surface area contributed by atoms with E-state index in [4.69, 9.17) is 5.73 Å². The van der Waals surface area contributed by atoms with E-state index in [-0.39, 0.29) is 57.1 Å². The highest BCUT2D eigenvalue weighted by molar-refractivity contribution is 6.00. The standard InChI is InChI=1S/C50H56N10O6/c51-19-16-39-47(64)59-20-8-15-42(59)48(65)60-29-32(22-30-9-7-10-31(21-30)26-52)23-43(60)46(63)56-41(25-34-28-54-38-14-4-2-12-36(34)38)45(62)58-50(17-5-6-18-50)49(66)57-40(44(61)55-39)24-33-27-53-37-13-3-1-11-35(33)37/h1-4,7,9-14,21,27-28,32,39-43,53-54H,5-6,8,15-20,22-25,29,51H2,(H,55,61)(H,56,63)(H,57,66)(H,58,62)/t32-,39-,40-,41-,42+,43+/m0/s1. The highest BCUT2D eigenvalue weighted by atomic mass is 16.2. The van der Waals surface area contributed by atoms with E-state index in [0.29, 0.717) is 50.5 Å². The number of amides is 6. The Morgan fingerprint density at radius 3 is 2.00 bits per heavy atom. The van der Waals surface area contributed by atoms with Gasteiger partial charge in [0.05, 0.1) is 11.6 Å². The van der Waals surface area contributed by atoms with Crippen LogP contribution in [-0.2, 0) is 48.0 Å². The van der Waals surface area contributed by atoms with Gasteiger partial charge in [-0.2, -0.15) is 5.26 Å². The van der Waals surface area contributed by atoms with E-state index in [1.807, 2.05) is 60.8 Å². The van der Waals surface area contributed by atoms with Crippen molar-refractivity contribution in [2.45, 2.75) is 106 Å². The van der Waals surface area contributed by atoms with Gasteiger partial charge in [0, 0.05) is 60.1 Å². The fourth-order valence-electron chi connectivity index (χ4n) is 10.8. The van der Waals surface area contributed by atoms with Crippen molar-refractivity contribution in [1.82, 2.24) is 41.0 Å². The Balaban J connectivity index is 1.10. The van der Waals surface area contributed by atoms with Gasteiger partial charge in [-0.1, -0.05) is 61.4 Å². The van der Waals surface area contributed by atoms with Gasteiger partial charge >= 0.3 is 0 Å². The first kappa shape index (κ1) is 44.2. The summed E-state index contributed by atoms with van der Waals surface area (Å²) in [6.45, 7) is 0.514. The van der Waals surface area contributed by atoms with Crippen LogP contribution in [0.25, 0.3) is 21.8 Å². The number of carbonyl (C=O) groups excluding carboxylic acids is 6. The second kappa shape index (κ2) is 18.9. The summed E-state index contributed by atoms with van der Waals surface area (Å²) in [5.74, 6) is -3.28. The highest BCUT2D eigenvalue weighted by Crippen LogP contribution is 2.33. The summed E-state index contributed by atoms with van der Waals surface area (Å²) in [6.07, 6.45) is 7.30. The number of benzene rings is 3. The number of carbonyl (C=O) groups is 6. The topological polar surface area (TPSA) is 238 Å². The molecule has 4 aliphatic rings. The quantitative estimate of drug-likeness (QED) is 0.122. The van der Waals surface area contributed by atoms with Crippen LogP contribution in [0.5, 0.6) is 0 Å². The van der Waals surface area contributed by atoms with Crippen LogP contribution in [0.3, 0.4) is 0 Å². The van der Waals surface area contributed by atoms with E-state index in [1.54, 1.807) is 29.3 Å². The number of H-pyrrole nitrogens is 2. The summed E-state index contributed by atoms with van der Waals surface area (Å²) in [6, 6.07) is 19.3. The van der Waals surface area contributed by atoms with E-state index in [0.717, 1.165) is 38.5 Å². The second-order valence-electron chi connectivity index (χ2n) is 18.4. The molecule has 1 aliphatic carbocycles. The lowest BCUT2D eigenvalue weighted by atomic mass is 9.93. The lowest BCUT2D eigenvalue weighted by molar-refractivity contribution is -0.148. The number of para-hydroxylation sites is 2. The average molecular weight is 893 g/mol. The van der Waals surface area contributed by atoms with E-state index >= 15 is 0 Å². The predicted octanol–water partition coefficient (Wildman–Crippen LogP) is 3.00. The second-order valence-corrected chi connectivity index (χ2v) is 18.4. The lowest BCUT2D eigenvalue weighted by Gasteiger charge is -2.35. The third-order valence-electron chi connectivity index (χ3n) is 14.2. The first-order valence-electron chi connectivity index (χ1n) is 23.2. The average Bonchev–Trinajstić information content (AvgIpc) is 4.19. The van der Waals surface area contributed by atoms with Crippen LogP contribution in [0.15, 0.2) is 85.2 Å². The van der Waals surface area contributed by atoms with Gasteiger partial charge in [0.1, 0.15) is 35.7 Å². The Morgan fingerprint density at radius 1 is 0.682 bits per heavy atom. The van der Waals surface area contributed by atoms with Crippen molar-refractivity contribution < 1.29 is 28.8 Å². The molecule has 3 aromatic carbocycles. The molecule has 6 amide bonds. The fourth-order valence-corrected chi connectivity index (χ4v) is 10.8. The number of nitrogens with one attached hydrogen (secondary N) is 6. The van der Waals surface area contributed by atoms with Crippen LogP contribution >= 0.6 is 0 Å². The number of hydrogen-bond donors (Lipinski definition) is 7. The molecule has 1 spiro atoms. The monoisotopic (exact) mass is 892 g/mol. The van der Waals surface area contributed by atoms with Crippen molar-refractivity contribution in [3.05, 3.63) is 107 Å². The molecule has 342 valence electrons. The summed E-state index contributed by atoms with van der Waals surface area (Å²) in [7, 11) is 0. The molecule has 9 rings (SSSR count). The molecule has 1 saturated carbocycles. The normalized spacial score (nSPS) is 25.2. The molecule has 16 nitrogen and oxygen atoms in total. The van der Waals surface area contributed by atoms with Crippen molar-refractivity contribution in [1.29, 1.82) is 5.26 Å². The van der Waals surface area contributed by atoms with Crippen LogP contribution in [-0.4, -0.2) is 111 Å². The van der Waals surface area contributed by atoms with Gasteiger partial charge in [0.2, 0.25) is 35.4 Å². The molecule has 2 aromatic heterocycles. The molecule has 5 aromatic rings. The number of fused-ring (bicyclic) bond motifs is 4. The molecule has 16 heteroatoms. The summed E-state index contributed by atoms with van der Waals surface area (Å²) in [4.78, 5) is 98.5. The summed E-state index contributed by atoms with van der Waals surface area (Å²) in [5, 5.41) is 23.4. The number of aromatic nitrogens is 2. The van der Waals surface area contributed by atoms with Crippen molar-refractivity contribution in [2.75, 3.05) is 19.6 Å². The smallest absolute Gasteiger partial charge is 0.246 e. The zero-order valence-electron chi connectivity index (χ0n) is 36.8. The van der Waals surface area contributed by atoms with Gasteiger partial charge in [0.15, 0.2) is 0 Å². The molecule has 0 unspecified atom stereocenters. The lowest BCUT2D eigenvalue weighted by Crippen LogP contribution is -2.65. The minimum Gasteiger partial charge on any atom is -0.361 e. The Hall–Kier alpha value is -6.99. The Kier molecular flexibility index (Phi) is 12.6. The van der Waals surface area contributed by atoms with Crippen LogP contribution in [0.4, 0.5) is 0 Å². The molecule has 66 heavy (non-hydrogen) atoms. The maximum atomic E-state index is 15.0. The number of nitrogens with two attached hydrogens (primary N) is 1. The number of hydrogen-bond acceptors (Lipinski definition) is 8. The largest absolute Gasteiger partial charge is 0.361 e. The maximum Gasteiger partial charge on any atom is 0.246 e. The fraction of sp³-hybridized carbons (Fsp3) is 0.420. The molecule has 8 N–H and O–H groups in total. The van der Waals surface area contributed by atoms with E-state index < -0.39 is 65.3 Å². The van der Waals surface area contributed by atoms with Crippen molar-refractivity contribution in [3.63, 3.8) is 0 Å². The van der Waals surface area contributed by atoms with Crippen LogP contribution in [0, 0.1) is 17.2 Å². The van der Waals surface area contributed by atoms with Crippen molar-refractivity contribution >= 4 is 57.2 Å². The van der Waals surface area contributed by atoms with Gasteiger partial charge in [-0.15, -0.1) is 0 Å². The van der Waals surface area contributed by atoms with Crippen LogP contribution in [0.1, 0.15) is 73.6 Å². The number of nitrogens with zero attached hydrogens (tertiary/aromatic N) is 3. The molecule has 3 saturated heterocycles. The van der Waals surface area contributed by atoms with Crippen molar-refractivity contribution in [3.8, 4) is 6.07 Å². The number of rotatable bonds is 8. The zero-order valence-corrected chi connectivity index (χ0v) is 36.8. The third kappa shape index (κ3) is 8.87. The molecular weight excluding hydrogens is 837 g/mol. The highest BCUT2D eigenvalue weighted by Gasteiger charge is 2.49. The Labute approximate surface area is 382 Å². The van der Waals surface area contributed by atoms with Gasteiger partial charge in [-0.05, 0) is 98.4 Å². The van der Waals surface area contributed by atoms with Crippen molar-refractivity contribution in [2.24, 2.45) is 11.7 Å².